The highest BCUT2D eigenvalue weighted by Gasteiger charge is 2.21. The Morgan fingerprint density at radius 3 is 2.48 bits per heavy atom. The van der Waals surface area contributed by atoms with E-state index in [1.54, 1.807) is 11.8 Å². The van der Waals surface area contributed by atoms with Gasteiger partial charge in [-0.05, 0) is 42.7 Å². The van der Waals surface area contributed by atoms with E-state index in [9.17, 15) is 4.79 Å². The zero-order valence-electron chi connectivity index (χ0n) is 15.1. The Morgan fingerprint density at radius 1 is 1.00 bits per heavy atom. The molecule has 3 rings (SSSR count). The first kappa shape index (κ1) is 17.9. The van der Waals surface area contributed by atoms with Gasteiger partial charge in [0.25, 0.3) is 0 Å². The highest BCUT2D eigenvalue weighted by Crippen LogP contribution is 2.19. The van der Waals surface area contributed by atoms with Crippen LogP contribution in [-0.4, -0.2) is 42.7 Å². The van der Waals surface area contributed by atoms with Crippen molar-refractivity contribution < 1.29 is 4.79 Å². The van der Waals surface area contributed by atoms with Gasteiger partial charge in [0.1, 0.15) is 0 Å². The molecular formula is C21H26N2OS. The van der Waals surface area contributed by atoms with Crippen molar-refractivity contribution in [1.82, 2.24) is 4.90 Å². The van der Waals surface area contributed by atoms with Crippen molar-refractivity contribution in [2.45, 2.75) is 19.6 Å². The Labute approximate surface area is 155 Å². The van der Waals surface area contributed by atoms with Crippen LogP contribution in [0.5, 0.6) is 0 Å². The summed E-state index contributed by atoms with van der Waals surface area (Å²) >= 11 is 1.72. The zero-order valence-corrected chi connectivity index (χ0v) is 15.9. The van der Waals surface area contributed by atoms with Crippen molar-refractivity contribution in [3.8, 4) is 0 Å². The van der Waals surface area contributed by atoms with E-state index in [-0.39, 0.29) is 5.91 Å². The largest absolute Gasteiger partial charge is 0.368 e. The molecule has 0 N–H and O–H groups in total. The summed E-state index contributed by atoms with van der Waals surface area (Å²) in [6, 6.07) is 17.0. The Kier molecular flexibility index (Phi) is 6.03. The summed E-state index contributed by atoms with van der Waals surface area (Å²) in [6.45, 7) is 7.71. The van der Waals surface area contributed by atoms with Crippen LogP contribution in [0.1, 0.15) is 16.7 Å². The summed E-state index contributed by atoms with van der Waals surface area (Å²) < 4.78 is 0. The second-order valence-electron chi connectivity index (χ2n) is 6.63. The smallest absolute Gasteiger partial charge is 0.232 e. The van der Waals surface area contributed by atoms with Crippen LogP contribution in [-0.2, 0) is 10.5 Å². The molecule has 0 spiro atoms. The summed E-state index contributed by atoms with van der Waals surface area (Å²) in [6.07, 6.45) is 0. The van der Waals surface area contributed by atoms with Crippen molar-refractivity contribution in [2.75, 3.05) is 36.8 Å². The van der Waals surface area contributed by atoms with Crippen molar-refractivity contribution in [1.29, 1.82) is 0 Å². The molecule has 25 heavy (non-hydrogen) atoms. The molecule has 1 saturated heterocycles. The lowest BCUT2D eigenvalue weighted by Crippen LogP contribution is -2.49. The average molecular weight is 355 g/mol. The third kappa shape index (κ3) is 4.79. The molecule has 1 amide bonds. The van der Waals surface area contributed by atoms with Gasteiger partial charge in [0.05, 0.1) is 5.75 Å². The maximum atomic E-state index is 12.5. The molecule has 0 aliphatic carbocycles. The number of nitrogens with zero attached hydrogens (tertiary/aromatic N) is 2. The van der Waals surface area contributed by atoms with Gasteiger partial charge >= 0.3 is 0 Å². The molecule has 0 bridgehead atoms. The number of anilines is 1. The van der Waals surface area contributed by atoms with E-state index in [1.165, 1.54) is 22.4 Å². The molecule has 1 fully saturated rings. The highest BCUT2D eigenvalue weighted by atomic mass is 32.2. The third-order valence-electron chi connectivity index (χ3n) is 4.74. The van der Waals surface area contributed by atoms with Gasteiger partial charge in [-0.3, -0.25) is 4.79 Å². The van der Waals surface area contributed by atoms with Crippen LogP contribution in [0, 0.1) is 13.8 Å². The Balaban J connectivity index is 1.45. The molecular weight excluding hydrogens is 328 g/mol. The van der Waals surface area contributed by atoms with Gasteiger partial charge < -0.3 is 9.80 Å². The van der Waals surface area contributed by atoms with E-state index in [4.69, 9.17) is 0 Å². The van der Waals surface area contributed by atoms with Crippen LogP contribution in [0.4, 0.5) is 5.69 Å². The molecule has 0 radical (unpaired) electrons. The number of piperazine rings is 1. The molecule has 1 aliphatic heterocycles. The summed E-state index contributed by atoms with van der Waals surface area (Å²) in [5.41, 5.74) is 5.17. The first-order valence-corrected chi connectivity index (χ1v) is 10.0. The number of hydrogen-bond donors (Lipinski definition) is 0. The van der Waals surface area contributed by atoms with Gasteiger partial charge in [-0.15, -0.1) is 11.8 Å². The van der Waals surface area contributed by atoms with Crippen LogP contribution >= 0.6 is 11.8 Å². The molecule has 1 heterocycles. The summed E-state index contributed by atoms with van der Waals surface area (Å²) in [5, 5.41) is 0. The highest BCUT2D eigenvalue weighted by molar-refractivity contribution is 7.99. The second kappa shape index (κ2) is 8.43. The Hall–Kier alpha value is -1.94. The van der Waals surface area contributed by atoms with E-state index < -0.39 is 0 Å². The van der Waals surface area contributed by atoms with E-state index in [2.05, 4.69) is 67.3 Å². The van der Waals surface area contributed by atoms with E-state index >= 15 is 0 Å². The van der Waals surface area contributed by atoms with Crippen molar-refractivity contribution in [3.63, 3.8) is 0 Å². The van der Waals surface area contributed by atoms with Crippen LogP contribution < -0.4 is 4.90 Å². The first-order valence-electron chi connectivity index (χ1n) is 8.85. The third-order valence-corrected chi connectivity index (χ3v) is 5.71. The molecule has 0 saturated carbocycles. The first-order chi connectivity index (χ1) is 12.1. The average Bonchev–Trinajstić information content (AvgIpc) is 2.63. The quantitative estimate of drug-likeness (QED) is 0.814. The lowest BCUT2D eigenvalue weighted by atomic mass is 10.1. The molecule has 0 unspecified atom stereocenters. The lowest BCUT2D eigenvalue weighted by Gasteiger charge is -2.36. The van der Waals surface area contributed by atoms with Crippen LogP contribution in [0.2, 0.25) is 0 Å². The molecule has 0 aromatic heterocycles. The van der Waals surface area contributed by atoms with Crippen LogP contribution in [0.15, 0.2) is 48.5 Å². The SMILES string of the molecule is Cc1cccc(N2CCN(C(=O)CSCc3ccccc3C)CC2)c1. The standard InChI is InChI=1S/C21H26N2OS/c1-17-6-5-9-20(14-17)22-10-12-23(13-11-22)21(24)16-25-15-19-8-4-3-7-18(19)2/h3-9,14H,10-13,15-16H2,1-2H3. The fourth-order valence-electron chi connectivity index (χ4n) is 3.15. The van der Waals surface area contributed by atoms with E-state index in [1.807, 2.05) is 4.90 Å². The predicted octanol–water partition coefficient (Wildman–Crippen LogP) is 3.89. The van der Waals surface area contributed by atoms with Crippen LogP contribution in [0.25, 0.3) is 0 Å². The fourth-order valence-corrected chi connectivity index (χ4v) is 4.15. The zero-order chi connectivity index (χ0) is 17.6. The summed E-state index contributed by atoms with van der Waals surface area (Å²) in [4.78, 5) is 16.8. The molecule has 0 atom stereocenters. The topological polar surface area (TPSA) is 23.6 Å². The van der Waals surface area contributed by atoms with E-state index in [0.717, 1.165) is 31.9 Å². The monoisotopic (exact) mass is 354 g/mol. The van der Waals surface area contributed by atoms with Gasteiger partial charge in [0.15, 0.2) is 0 Å². The van der Waals surface area contributed by atoms with E-state index in [0.29, 0.717) is 5.75 Å². The van der Waals surface area contributed by atoms with Crippen molar-refractivity contribution in [2.24, 2.45) is 0 Å². The molecule has 1 aliphatic rings. The predicted molar refractivity (Wildman–Crippen MR) is 107 cm³/mol. The maximum absolute atomic E-state index is 12.5. The Morgan fingerprint density at radius 2 is 1.76 bits per heavy atom. The summed E-state index contributed by atoms with van der Waals surface area (Å²) in [5.74, 6) is 1.74. The molecule has 132 valence electrons. The number of hydrogen-bond acceptors (Lipinski definition) is 3. The normalized spacial score (nSPS) is 14.6. The van der Waals surface area contributed by atoms with Gasteiger partial charge in [-0.2, -0.15) is 0 Å². The van der Waals surface area contributed by atoms with Gasteiger partial charge in [-0.1, -0.05) is 36.4 Å². The fraction of sp³-hybridized carbons (Fsp3) is 0.381. The van der Waals surface area contributed by atoms with Gasteiger partial charge in [-0.25, -0.2) is 0 Å². The molecule has 3 nitrogen and oxygen atoms in total. The molecule has 4 heteroatoms. The van der Waals surface area contributed by atoms with Gasteiger partial charge in [0, 0.05) is 37.6 Å². The lowest BCUT2D eigenvalue weighted by molar-refractivity contribution is -0.128. The summed E-state index contributed by atoms with van der Waals surface area (Å²) in [7, 11) is 0. The van der Waals surface area contributed by atoms with Crippen molar-refractivity contribution in [3.05, 3.63) is 65.2 Å². The minimum absolute atomic E-state index is 0.266. The maximum Gasteiger partial charge on any atom is 0.232 e. The second-order valence-corrected chi connectivity index (χ2v) is 7.61. The Bertz CT molecular complexity index is 723. The molecule has 2 aromatic carbocycles. The number of benzene rings is 2. The minimum Gasteiger partial charge on any atom is -0.368 e. The number of carbonyl (C=O) groups is 1. The van der Waals surface area contributed by atoms with Gasteiger partial charge in [0.2, 0.25) is 5.91 Å². The minimum atomic E-state index is 0.266. The number of rotatable bonds is 5. The molecule has 2 aromatic rings. The van der Waals surface area contributed by atoms with Crippen LogP contribution in [0.3, 0.4) is 0 Å². The van der Waals surface area contributed by atoms with Crippen molar-refractivity contribution >= 4 is 23.4 Å². The number of thioether (sulfide) groups is 1. The number of aryl methyl sites for hydroxylation is 2. The number of amides is 1. The number of carbonyl (C=O) groups excluding carboxylic acids is 1.